The third-order valence-corrected chi connectivity index (χ3v) is 1.36. The molecule has 0 fully saturated rings. The Bertz CT molecular complexity index is 142. The van der Waals surface area contributed by atoms with Crippen LogP contribution in [0.5, 0.6) is 0 Å². The molecule has 0 atom stereocenters. The molecule has 0 aromatic carbocycles. The molecule has 0 saturated heterocycles. The fourth-order valence-corrected chi connectivity index (χ4v) is 0.823. The molecule has 9 heavy (non-hydrogen) atoms. The molecule has 0 amide bonds. The molecule has 0 aliphatic rings. The second-order valence-corrected chi connectivity index (χ2v) is 2.14. The maximum absolute atomic E-state index is 3.15. The molecular formula is C8H12N. The predicted octanol–water partition coefficient (Wildman–Crippen LogP) is 2.17. The van der Waals surface area contributed by atoms with Crippen molar-refractivity contribution >= 4 is 0 Å². The van der Waals surface area contributed by atoms with Crippen LogP contribution in [0.4, 0.5) is 0 Å². The van der Waals surface area contributed by atoms with E-state index in [0.29, 0.717) is 0 Å². The molecule has 1 radical (unpaired) electrons. The minimum Gasteiger partial charge on any atom is -0.365 e. The Hall–Kier alpha value is -0.720. The Balaban J connectivity index is 2.30. The van der Waals surface area contributed by atoms with Crippen molar-refractivity contribution in [2.75, 3.05) is 0 Å². The zero-order valence-corrected chi connectivity index (χ0v) is 5.72. The van der Waals surface area contributed by atoms with Crippen LogP contribution < -0.4 is 0 Å². The van der Waals surface area contributed by atoms with Crippen LogP contribution in [-0.2, 0) is 6.42 Å². The van der Waals surface area contributed by atoms with Gasteiger partial charge in [-0.05, 0) is 31.4 Å². The fourth-order valence-electron chi connectivity index (χ4n) is 0.823. The summed E-state index contributed by atoms with van der Waals surface area (Å²) < 4.78 is 0. The number of aromatic nitrogens is 1. The monoisotopic (exact) mass is 122 g/mol. The van der Waals surface area contributed by atoms with E-state index in [1.807, 2.05) is 12.3 Å². The van der Waals surface area contributed by atoms with Crippen molar-refractivity contribution in [1.29, 1.82) is 0 Å². The van der Waals surface area contributed by atoms with E-state index in [9.17, 15) is 0 Å². The van der Waals surface area contributed by atoms with Crippen molar-refractivity contribution in [2.45, 2.75) is 19.8 Å². The predicted molar refractivity (Wildman–Crippen MR) is 39.1 cm³/mol. The van der Waals surface area contributed by atoms with E-state index in [0.717, 1.165) is 6.42 Å². The van der Waals surface area contributed by atoms with Gasteiger partial charge in [0.2, 0.25) is 0 Å². The summed E-state index contributed by atoms with van der Waals surface area (Å²) in [6.07, 6.45) is 6.45. The maximum atomic E-state index is 3.15. The highest BCUT2D eigenvalue weighted by Gasteiger charge is 1.88. The quantitative estimate of drug-likeness (QED) is 0.632. The summed E-state index contributed by atoms with van der Waals surface area (Å²) in [5.74, 6) is 0. The first-order valence-corrected chi connectivity index (χ1v) is 3.33. The number of aromatic amines is 1. The minimum absolute atomic E-state index is 1.14. The lowest BCUT2D eigenvalue weighted by Gasteiger charge is -1.91. The topological polar surface area (TPSA) is 15.8 Å². The Morgan fingerprint density at radius 1 is 1.67 bits per heavy atom. The van der Waals surface area contributed by atoms with Crippen molar-refractivity contribution in [3.63, 3.8) is 0 Å². The Morgan fingerprint density at radius 2 is 2.56 bits per heavy atom. The molecule has 1 aromatic heterocycles. The van der Waals surface area contributed by atoms with Crippen molar-refractivity contribution in [1.82, 2.24) is 4.98 Å². The van der Waals surface area contributed by atoms with Crippen molar-refractivity contribution < 1.29 is 0 Å². The molecule has 0 bridgehead atoms. The number of hydrogen-bond acceptors (Lipinski definition) is 0. The summed E-state index contributed by atoms with van der Waals surface area (Å²) in [6.45, 7) is 2.09. The maximum Gasteiger partial charge on any atom is 0.0147 e. The average Bonchev–Trinajstić information content (AvgIpc) is 2.34. The Labute approximate surface area is 56.1 Å². The van der Waals surface area contributed by atoms with Gasteiger partial charge in [-0.15, -0.1) is 0 Å². The van der Waals surface area contributed by atoms with E-state index >= 15 is 0 Å². The molecule has 1 nitrogen and oxygen atoms in total. The number of H-pyrrole nitrogens is 1. The molecule has 0 aliphatic carbocycles. The van der Waals surface area contributed by atoms with Gasteiger partial charge in [-0.3, -0.25) is 0 Å². The summed E-state index contributed by atoms with van der Waals surface area (Å²) in [7, 11) is 0. The smallest absolute Gasteiger partial charge is 0.0147 e. The average molecular weight is 122 g/mol. The highest BCUT2D eigenvalue weighted by atomic mass is 14.7. The lowest BCUT2D eigenvalue weighted by atomic mass is 10.2. The molecule has 0 aliphatic heterocycles. The van der Waals surface area contributed by atoms with Gasteiger partial charge in [0, 0.05) is 11.9 Å². The molecule has 0 spiro atoms. The molecule has 49 valence electrons. The Morgan fingerprint density at radius 3 is 3.11 bits per heavy atom. The highest BCUT2D eigenvalue weighted by Crippen LogP contribution is 1.99. The van der Waals surface area contributed by atoms with Crippen LogP contribution in [0, 0.1) is 6.42 Å². The molecule has 1 rings (SSSR count). The van der Waals surface area contributed by atoms with Crippen molar-refractivity contribution in [2.24, 2.45) is 0 Å². The molecule has 1 heterocycles. The molecule has 0 unspecified atom stereocenters. The van der Waals surface area contributed by atoms with Gasteiger partial charge in [-0.1, -0.05) is 6.92 Å². The molecular weight excluding hydrogens is 110 g/mol. The molecule has 1 heteroatoms. The van der Waals surface area contributed by atoms with Crippen molar-refractivity contribution in [3.05, 3.63) is 30.4 Å². The first kappa shape index (κ1) is 6.40. The van der Waals surface area contributed by atoms with Gasteiger partial charge < -0.3 is 4.98 Å². The van der Waals surface area contributed by atoms with E-state index in [1.165, 1.54) is 12.1 Å². The third-order valence-electron chi connectivity index (χ3n) is 1.36. The van der Waals surface area contributed by atoms with E-state index in [2.05, 4.69) is 24.4 Å². The summed E-state index contributed by atoms with van der Waals surface area (Å²) in [4.78, 5) is 3.15. The summed E-state index contributed by atoms with van der Waals surface area (Å²) in [6, 6.07) is 4.15. The fraction of sp³-hybridized carbons (Fsp3) is 0.375. The van der Waals surface area contributed by atoms with E-state index in [1.54, 1.807) is 0 Å². The van der Waals surface area contributed by atoms with Crippen LogP contribution in [0.25, 0.3) is 0 Å². The number of rotatable bonds is 3. The lowest BCUT2D eigenvalue weighted by molar-refractivity contribution is 0.906. The van der Waals surface area contributed by atoms with Gasteiger partial charge in [0.05, 0.1) is 0 Å². The zero-order chi connectivity index (χ0) is 6.53. The summed E-state index contributed by atoms with van der Waals surface area (Å²) in [5.41, 5.74) is 1.33. The zero-order valence-electron chi connectivity index (χ0n) is 5.72. The van der Waals surface area contributed by atoms with Crippen LogP contribution in [0.15, 0.2) is 18.3 Å². The van der Waals surface area contributed by atoms with Crippen LogP contribution >= 0.6 is 0 Å². The first-order chi connectivity index (χ1) is 4.43. The van der Waals surface area contributed by atoms with Crippen molar-refractivity contribution in [3.8, 4) is 0 Å². The second kappa shape index (κ2) is 3.33. The van der Waals surface area contributed by atoms with E-state index in [-0.39, 0.29) is 0 Å². The number of nitrogens with one attached hydrogen (secondary N) is 1. The largest absolute Gasteiger partial charge is 0.365 e. The first-order valence-electron chi connectivity index (χ1n) is 3.33. The van der Waals surface area contributed by atoms with Crippen LogP contribution in [0.3, 0.4) is 0 Å². The van der Waals surface area contributed by atoms with Gasteiger partial charge >= 0.3 is 0 Å². The van der Waals surface area contributed by atoms with Crippen LogP contribution in [0.1, 0.15) is 19.0 Å². The van der Waals surface area contributed by atoms with E-state index < -0.39 is 0 Å². The minimum atomic E-state index is 1.14. The summed E-state index contributed by atoms with van der Waals surface area (Å²) >= 11 is 0. The second-order valence-electron chi connectivity index (χ2n) is 2.14. The number of hydrogen-bond donors (Lipinski definition) is 1. The van der Waals surface area contributed by atoms with Gasteiger partial charge in [-0.25, -0.2) is 0 Å². The van der Waals surface area contributed by atoms with Gasteiger partial charge in [0.25, 0.3) is 0 Å². The number of aryl methyl sites for hydroxylation is 1. The third kappa shape index (κ3) is 1.92. The van der Waals surface area contributed by atoms with Crippen LogP contribution in [-0.4, -0.2) is 4.98 Å². The molecule has 1 aromatic rings. The molecule has 1 N–H and O–H groups in total. The lowest BCUT2D eigenvalue weighted by Crippen LogP contribution is -1.82. The highest BCUT2D eigenvalue weighted by molar-refractivity contribution is 5.03. The van der Waals surface area contributed by atoms with Gasteiger partial charge in [0.15, 0.2) is 0 Å². The number of unbranched alkanes of at least 4 members (excludes halogenated alkanes) is 1. The van der Waals surface area contributed by atoms with Gasteiger partial charge in [-0.2, -0.15) is 0 Å². The normalized spacial score (nSPS) is 9.89. The SMILES string of the molecule is C[CH]CCc1ccc[nH]1. The van der Waals surface area contributed by atoms with Crippen LogP contribution in [0.2, 0.25) is 0 Å². The van der Waals surface area contributed by atoms with E-state index in [4.69, 9.17) is 0 Å². The summed E-state index contributed by atoms with van der Waals surface area (Å²) in [5, 5.41) is 0. The van der Waals surface area contributed by atoms with Gasteiger partial charge in [0.1, 0.15) is 0 Å². The Kier molecular flexibility index (Phi) is 2.37. The molecule has 0 saturated carbocycles. The standard InChI is InChI=1S/C8H12N/c1-2-3-5-8-6-4-7-9-8/h2,4,6-7,9H,3,5H2,1H3.